The van der Waals surface area contributed by atoms with Gasteiger partial charge in [-0.1, -0.05) is 17.3 Å². The summed E-state index contributed by atoms with van der Waals surface area (Å²) in [6, 6.07) is 16.4. The van der Waals surface area contributed by atoms with Gasteiger partial charge in [0.05, 0.1) is 5.69 Å². The maximum atomic E-state index is 12.3. The van der Waals surface area contributed by atoms with Crippen LogP contribution in [0.5, 0.6) is 0 Å². The van der Waals surface area contributed by atoms with Crippen molar-refractivity contribution in [2.24, 2.45) is 0 Å². The van der Waals surface area contributed by atoms with Crippen molar-refractivity contribution in [3.8, 4) is 22.6 Å². The number of aryl methyl sites for hydroxylation is 1. The summed E-state index contributed by atoms with van der Waals surface area (Å²) in [6.07, 6.45) is 3.39. The number of pyridine rings is 1. The topological polar surface area (TPSA) is 111 Å². The van der Waals surface area contributed by atoms with Gasteiger partial charge in [0, 0.05) is 35.3 Å². The molecule has 1 N–H and O–H groups in total. The van der Waals surface area contributed by atoms with Gasteiger partial charge in [-0.2, -0.15) is 9.61 Å². The van der Waals surface area contributed by atoms with Gasteiger partial charge in [-0.15, -0.1) is 10.2 Å². The maximum absolute atomic E-state index is 12.3. The van der Waals surface area contributed by atoms with Crippen LogP contribution >= 0.6 is 0 Å². The standard InChI is InChI=1S/C21H15N7O2/c1-13-11-18(27-30-13)21(29)23-16-4-2-3-15(12-16)17-5-6-19-24-25-20(28(19)26-17)14-7-9-22-10-8-14/h2-12H,1H3,(H,23,29). The van der Waals surface area contributed by atoms with Gasteiger partial charge in [-0.25, -0.2) is 0 Å². The molecular weight excluding hydrogens is 382 g/mol. The number of carbonyl (C=O) groups excluding carboxylic acids is 1. The molecule has 5 rings (SSSR count). The number of benzene rings is 1. The molecule has 0 saturated heterocycles. The number of aromatic nitrogens is 6. The fourth-order valence-electron chi connectivity index (χ4n) is 3.05. The first kappa shape index (κ1) is 17.7. The van der Waals surface area contributed by atoms with Crippen molar-refractivity contribution in [3.05, 3.63) is 78.4 Å². The van der Waals surface area contributed by atoms with Crippen molar-refractivity contribution in [2.75, 3.05) is 5.32 Å². The molecular formula is C21H15N7O2. The van der Waals surface area contributed by atoms with Gasteiger partial charge in [0.2, 0.25) is 0 Å². The minimum atomic E-state index is -0.341. The molecule has 0 fully saturated rings. The summed E-state index contributed by atoms with van der Waals surface area (Å²) in [5, 5.41) is 19.7. The third-order valence-corrected chi connectivity index (χ3v) is 4.48. The Morgan fingerprint density at radius 3 is 2.67 bits per heavy atom. The molecule has 146 valence electrons. The number of nitrogens with one attached hydrogen (secondary N) is 1. The van der Waals surface area contributed by atoms with Gasteiger partial charge in [-0.05, 0) is 43.3 Å². The second kappa shape index (κ2) is 7.21. The minimum Gasteiger partial charge on any atom is -0.361 e. The zero-order valence-electron chi connectivity index (χ0n) is 15.9. The highest BCUT2D eigenvalue weighted by molar-refractivity contribution is 6.03. The predicted octanol–water partition coefficient (Wildman–Crippen LogP) is 3.40. The lowest BCUT2D eigenvalue weighted by molar-refractivity contribution is 0.101. The minimum absolute atomic E-state index is 0.226. The number of rotatable bonds is 4. The number of hydrogen-bond donors (Lipinski definition) is 1. The van der Waals surface area contributed by atoms with E-state index in [9.17, 15) is 4.79 Å². The van der Waals surface area contributed by atoms with E-state index in [1.54, 1.807) is 36.0 Å². The Morgan fingerprint density at radius 1 is 1.00 bits per heavy atom. The first-order chi connectivity index (χ1) is 14.7. The van der Waals surface area contributed by atoms with Gasteiger partial charge in [0.25, 0.3) is 5.91 Å². The van der Waals surface area contributed by atoms with Crippen LogP contribution in [0.25, 0.3) is 28.3 Å². The van der Waals surface area contributed by atoms with Crippen LogP contribution in [0.15, 0.2) is 71.5 Å². The highest BCUT2D eigenvalue weighted by Crippen LogP contribution is 2.23. The first-order valence-electron chi connectivity index (χ1n) is 9.15. The Bertz CT molecular complexity index is 1360. The average molecular weight is 397 g/mol. The summed E-state index contributed by atoms with van der Waals surface area (Å²) in [7, 11) is 0. The average Bonchev–Trinajstić information content (AvgIpc) is 3.40. The Kier molecular flexibility index (Phi) is 4.25. The molecule has 0 aliphatic heterocycles. The summed E-state index contributed by atoms with van der Waals surface area (Å²) in [5.74, 6) is 0.858. The maximum Gasteiger partial charge on any atom is 0.277 e. The highest BCUT2D eigenvalue weighted by atomic mass is 16.5. The monoisotopic (exact) mass is 397 g/mol. The quantitative estimate of drug-likeness (QED) is 0.495. The van der Waals surface area contributed by atoms with E-state index in [1.165, 1.54) is 0 Å². The Morgan fingerprint density at radius 2 is 1.87 bits per heavy atom. The molecule has 5 aromatic rings. The molecule has 4 heterocycles. The van der Waals surface area contributed by atoms with E-state index >= 15 is 0 Å². The molecule has 0 saturated carbocycles. The van der Waals surface area contributed by atoms with Crippen molar-refractivity contribution >= 4 is 17.2 Å². The van der Waals surface area contributed by atoms with E-state index in [0.29, 0.717) is 28.6 Å². The molecule has 0 aliphatic rings. The van der Waals surface area contributed by atoms with Gasteiger partial charge >= 0.3 is 0 Å². The molecule has 9 heteroatoms. The van der Waals surface area contributed by atoms with Crippen LogP contribution in [0, 0.1) is 6.92 Å². The fourth-order valence-corrected chi connectivity index (χ4v) is 3.05. The summed E-state index contributed by atoms with van der Waals surface area (Å²) in [6.45, 7) is 1.73. The number of anilines is 1. The van der Waals surface area contributed by atoms with Gasteiger partial charge in [-0.3, -0.25) is 9.78 Å². The smallest absolute Gasteiger partial charge is 0.277 e. The van der Waals surface area contributed by atoms with E-state index in [2.05, 4.69) is 25.7 Å². The van der Waals surface area contributed by atoms with E-state index in [-0.39, 0.29) is 11.6 Å². The van der Waals surface area contributed by atoms with Crippen LogP contribution in [0.2, 0.25) is 0 Å². The van der Waals surface area contributed by atoms with Crippen molar-refractivity contribution in [1.82, 2.24) is 30.0 Å². The van der Waals surface area contributed by atoms with Crippen LogP contribution in [0.4, 0.5) is 5.69 Å². The number of fused-ring (bicyclic) bond motifs is 1. The van der Waals surface area contributed by atoms with E-state index in [0.717, 1.165) is 11.1 Å². The normalized spacial score (nSPS) is 11.0. The van der Waals surface area contributed by atoms with Crippen LogP contribution in [0.3, 0.4) is 0 Å². The largest absolute Gasteiger partial charge is 0.361 e. The second-order valence-electron chi connectivity index (χ2n) is 6.61. The molecule has 9 nitrogen and oxygen atoms in total. The molecule has 0 aliphatic carbocycles. The van der Waals surface area contributed by atoms with E-state index in [4.69, 9.17) is 9.62 Å². The number of amides is 1. The predicted molar refractivity (Wildman–Crippen MR) is 109 cm³/mol. The second-order valence-corrected chi connectivity index (χ2v) is 6.61. The lowest BCUT2D eigenvalue weighted by atomic mass is 10.1. The molecule has 0 spiro atoms. The van der Waals surface area contributed by atoms with Crippen molar-refractivity contribution in [2.45, 2.75) is 6.92 Å². The van der Waals surface area contributed by atoms with E-state index in [1.807, 2.05) is 42.5 Å². The number of carbonyl (C=O) groups is 1. The molecule has 4 aromatic heterocycles. The molecule has 0 radical (unpaired) electrons. The Balaban J connectivity index is 1.48. The number of nitrogens with zero attached hydrogens (tertiary/aromatic N) is 6. The summed E-state index contributed by atoms with van der Waals surface area (Å²) in [5.41, 5.74) is 3.90. The SMILES string of the molecule is Cc1cc(C(=O)Nc2cccc(-c3ccc4nnc(-c5ccncc5)n4n3)c2)no1. The molecule has 1 amide bonds. The number of hydrogen-bond acceptors (Lipinski definition) is 7. The van der Waals surface area contributed by atoms with Crippen LogP contribution < -0.4 is 5.32 Å². The summed E-state index contributed by atoms with van der Waals surface area (Å²) in [4.78, 5) is 16.4. The third-order valence-electron chi connectivity index (χ3n) is 4.48. The van der Waals surface area contributed by atoms with Crippen LogP contribution in [-0.2, 0) is 0 Å². The van der Waals surface area contributed by atoms with Crippen molar-refractivity contribution in [3.63, 3.8) is 0 Å². The third kappa shape index (κ3) is 3.28. The zero-order valence-corrected chi connectivity index (χ0v) is 15.9. The lowest BCUT2D eigenvalue weighted by Crippen LogP contribution is -2.12. The van der Waals surface area contributed by atoms with Crippen LogP contribution in [0.1, 0.15) is 16.2 Å². The van der Waals surface area contributed by atoms with Crippen molar-refractivity contribution in [1.29, 1.82) is 0 Å². The van der Waals surface area contributed by atoms with Gasteiger partial charge < -0.3 is 9.84 Å². The molecule has 30 heavy (non-hydrogen) atoms. The van der Waals surface area contributed by atoms with Gasteiger partial charge in [0.15, 0.2) is 17.2 Å². The van der Waals surface area contributed by atoms with Crippen molar-refractivity contribution < 1.29 is 9.32 Å². The molecule has 1 aromatic carbocycles. The van der Waals surface area contributed by atoms with E-state index < -0.39 is 0 Å². The van der Waals surface area contributed by atoms with Gasteiger partial charge in [0.1, 0.15) is 5.76 Å². The Hall–Kier alpha value is -4.40. The zero-order chi connectivity index (χ0) is 20.5. The highest BCUT2D eigenvalue weighted by Gasteiger charge is 2.13. The lowest BCUT2D eigenvalue weighted by Gasteiger charge is -2.07. The summed E-state index contributed by atoms with van der Waals surface area (Å²) >= 11 is 0. The fraction of sp³-hybridized carbons (Fsp3) is 0.0476. The first-order valence-corrected chi connectivity index (χ1v) is 9.15. The molecule has 0 atom stereocenters. The van der Waals surface area contributed by atoms with Crippen LogP contribution in [-0.4, -0.2) is 35.9 Å². The molecule has 0 bridgehead atoms. The summed E-state index contributed by atoms with van der Waals surface area (Å²) < 4.78 is 6.65. The Labute approximate surface area is 170 Å². The molecule has 0 unspecified atom stereocenters.